The van der Waals surface area contributed by atoms with Gasteiger partial charge in [-0.1, -0.05) is 45.0 Å². The van der Waals surface area contributed by atoms with Crippen LogP contribution in [0.3, 0.4) is 0 Å². The largest absolute Gasteiger partial charge is 0.159 e. The Labute approximate surface area is 97.4 Å². The number of benzene rings is 1. The highest BCUT2D eigenvalue weighted by atomic mass is 15.1. The lowest BCUT2D eigenvalue weighted by Gasteiger charge is -2.05. The Hall–Kier alpha value is -1.70. The maximum atomic E-state index is 3.89. The summed E-state index contributed by atoms with van der Waals surface area (Å²) in [5.41, 5.74) is 3.74. The molecule has 0 aliphatic carbocycles. The number of aromatic nitrogens is 2. The fourth-order valence-electron chi connectivity index (χ4n) is 1.56. The normalized spacial score (nSPS) is 9.19. The molecule has 0 aliphatic heterocycles. The van der Waals surface area contributed by atoms with E-state index in [0.29, 0.717) is 0 Å². The molecule has 0 atom stereocenters. The Morgan fingerprint density at radius 1 is 1.00 bits per heavy atom. The van der Waals surface area contributed by atoms with Crippen molar-refractivity contribution in [1.29, 1.82) is 0 Å². The summed E-state index contributed by atoms with van der Waals surface area (Å²) >= 11 is 0. The SMILES string of the molecule is CC.CCc1ccccc1-c1ccnnc1. The summed E-state index contributed by atoms with van der Waals surface area (Å²) in [5.74, 6) is 0. The molecule has 0 N–H and O–H groups in total. The van der Waals surface area contributed by atoms with E-state index in [2.05, 4.69) is 41.4 Å². The van der Waals surface area contributed by atoms with Gasteiger partial charge in [0.25, 0.3) is 0 Å². The van der Waals surface area contributed by atoms with E-state index in [1.165, 1.54) is 11.1 Å². The van der Waals surface area contributed by atoms with Gasteiger partial charge < -0.3 is 0 Å². The van der Waals surface area contributed by atoms with Crippen LogP contribution in [0.25, 0.3) is 11.1 Å². The topological polar surface area (TPSA) is 25.8 Å². The second-order valence-electron chi connectivity index (χ2n) is 3.14. The molecule has 0 unspecified atom stereocenters. The molecule has 2 rings (SSSR count). The molecule has 1 heterocycles. The molecule has 0 saturated heterocycles. The van der Waals surface area contributed by atoms with E-state index in [0.717, 1.165) is 12.0 Å². The van der Waals surface area contributed by atoms with E-state index >= 15 is 0 Å². The van der Waals surface area contributed by atoms with Gasteiger partial charge in [-0.05, 0) is 23.6 Å². The van der Waals surface area contributed by atoms with Gasteiger partial charge >= 0.3 is 0 Å². The van der Waals surface area contributed by atoms with Gasteiger partial charge in [0.15, 0.2) is 0 Å². The number of hydrogen-bond acceptors (Lipinski definition) is 2. The van der Waals surface area contributed by atoms with E-state index in [1.54, 1.807) is 12.4 Å². The van der Waals surface area contributed by atoms with Crippen LogP contribution >= 0.6 is 0 Å². The highest BCUT2D eigenvalue weighted by Crippen LogP contribution is 2.22. The van der Waals surface area contributed by atoms with E-state index in [4.69, 9.17) is 0 Å². The summed E-state index contributed by atoms with van der Waals surface area (Å²) in [6, 6.07) is 10.4. The monoisotopic (exact) mass is 214 g/mol. The predicted molar refractivity (Wildman–Crippen MR) is 68.2 cm³/mol. The molecule has 0 spiro atoms. The number of nitrogens with zero attached hydrogens (tertiary/aromatic N) is 2. The first-order valence-corrected chi connectivity index (χ1v) is 5.77. The zero-order chi connectivity index (χ0) is 11.8. The molecule has 2 nitrogen and oxygen atoms in total. The zero-order valence-corrected chi connectivity index (χ0v) is 10.1. The van der Waals surface area contributed by atoms with Crippen molar-refractivity contribution in [3.63, 3.8) is 0 Å². The van der Waals surface area contributed by atoms with Crippen molar-refractivity contribution in [2.45, 2.75) is 27.2 Å². The lowest BCUT2D eigenvalue weighted by Crippen LogP contribution is -1.88. The lowest BCUT2D eigenvalue weighted by atomic mass is 10.0. The Balaban J connectivity index is 0.000000606. The van der Waals surface area contributed by atoms with Crippen LogP contribution in [-0.4, -0.2) is 10.2 Å². The molecule has 0 radical (unpaired) electrons. The van der Waals surface area contributed by atoms with Gasteiger partial charge in [-0.25, -0.2) is 0 Å². The van der Waals surface area contributed by atoms with Gasteiger partial charge in [0.05, 0.1) is 12.4 Å². The minimum atomic E-state index is 1.04. The summed E-state index contributed by atoms with van der Waals surface area (Å²) in [6.07, 6.45) is 4.56. The molecule has 1 aromatic heterocycles. The molecule has 0 saturated carbocycles. The van der Waals surface area contributed by atoms with E-state index in [1.807, 2.05) is 19.9 Å². The smallest absolute Gasteiger partial charge is 0.0574 e. The fourth-order valence-corrected chi connectivity index (χ4v) is 1.56. The van der Waals surface area contributed by atoms with Crippen LogP contribution in [0.2, 0.25) is 0 Å². The molecule has 2 aromatic rings. The van der Waals surface area contributed by atoms with Crippen LogP contribution in [0.1, 0.15) is 26.3 Å². The van der Waals surface area contributed by atoms with Crippen molar-refractivity contribution in [3.05, 3.63) is 48.3 Å². The zero-order valence-electron chi connectivity index (χ0n) is 10.1. The molecule has 0 fully saturated rings. The predicted octanol–water partition coefficient (Wildman–Crippen LogP) is 3.73. The summed E-state index contributed by atoms with van der Waals surface area (Å²) in [6.45, 7) is 6.16. The van der Waals surface area contributed by atoms with Gasteiger partial charge in [0.1, 0.15) is 0 Å². The molecule has 0 bridgehead atoms. The third kappa shape index (κ3) is 2.89. The second-order valence-corrected chi connectivity index (χ2v) is 3.14. The molecule has 2 heteroatoms. The summed E-state index contributed by atoms with van der Waals surface area (Å²) in [4.78, 5) is 0. The Morgan fingerprint density at radius 2 is 1.75 bits per heavy atom. The van der Waals surface area contributed by atoms with Crippen molar-refractivity contribution in [1.82, 2.24) is 10.2 Å². The van der Waals surface area contributed by atoms with Crippen molar-refractivity contribution in [2.24, 2.45) is 0 Å². The summed E-state index contributed by atoms with van der Waals surface area (Å²) in [5, 5.41) is 7.66. The van der Waals surface area contributed by atoms with Crippen LogP contribution < -0.4 is 0 Å². The molecule has 1 aromatic carbocycles. The first-order valence-electron chi connectivity index (χ1n) is 5.77. The maximum Gasteiger partial charge on any atom is 0.0574 e. The standard InChI is InChI=1S/C12H12N2.C2H6/c1-2-10-5-3-4-6-12(10)11-7-8-13-14-9-11;1-2/h3-9H,2H2,1H3;1-2H3. The Kier molecular flexibility index (Phi) is 5.20. The molecular weight excluding hydrogens is 196 g/mol. The first kappa shape index (κ1) is 12.4. The minimum absolute atomic E-state index is 1.04. The number of aryl methyl sites for hydroxylation is 1. The van der Waals surface area contributed by atoms with Crippen molar-refractivity contribution in [3.8, 4) is 11.1 Å². The molecule has 0 aliphatic rings. The number of hydrogen-bond donors (Lipinski definition) is 0. The third-order valence-electron chi connectivity index (χ3n) is 2.29. The first-order chi connectivity index (χ1) is 7.92. The van der Waals surface area contributed by atoms with Crippen molar-refractivity contribution in [2.75, 3.05) is 0 Å². The van der Waals surface area contributed by atoms with E-state index in [9.17, 15) is 0 Å². The Morgan fingerprint density at radius 3 is 2.38 bits per heavy atom. The van der Waals surface area contributed by atoms with Crippen LogP contribution in [0, 0.1) is 0 Å². The average molecular weight is 214 g/mol. The molecule has 0 amide bonds. The van der Waals surface area contributed by atoms with Crippen LogP contribution in [0.5, 0.6) is 0 Å². The van der Waals surface area contributed by atoms with Gasteiger partial charge in [0, 0.05) is 5.56 Å². The highest BCUT2D eigenvalue weighted by molar-refractivity contribution is 5.65. The average Bonchev–Trinajstić information content (AvgIpc) is 2.42. The second kappa shape index (κ2) is 6.72. The van der Waals surface area contributed by atoms with Crippen LogP contribution in [0.15, 0.2) is 42.7 Å². The fraction of sp³-hybridized carbons (Fsp3) is 0.286. The van der Waals surface area contributed by atoms with Gasteiger partial charge in [-0.3, -0.25) is 0 Å². The van der Waals surface area contributed by atoms with Gasteiger partial charge in [-0.15, -0.1) is 0 Å². The highest BCUT2D eigenvalue weighted by Gasteiger charge is 2.01. The van der Waals surface area contributed by atoms with Crippen LogP contribution in [-0.2, 0) is 6.42 Å². The summed E-state index contributed by atoms with van der Waals surface area (Å²) < 4.78 is 0. The van der Waals surface area contributed by atoms with E-state index < -0.39 is 0 Å². The van der Waals surface area contributed by atoms with Gasteiger partial charge in [-0.2, -0.15) is 10.2 Å². The number of rotatable bonds is 2. The van der Waals surface area contributed by atoms with Crippen LogP contribution in [0.4, 0.5) is 0 Å². The third-order valence-corrected chi connectivity index (χ3v) is 2.29. The van der Waals surface area contributed by atoms with E-state index in [-0.39, 0.29) is 0 Å². The Bertz CT molecular complexity index is 410. The van der Waals surface area contributed by atoms with Crippen molar-refractivity contribution >= 4 is 0 Å². The minimum Gasteiger partial charge on any atom is -0.159 e. The summed E-state index contributed by atoms with van der Waals surface area (Å²) in [7, 11) is 0. The van der Waals surface area contributed by atoms with Gasteiger partial charge in [0.2, 0.25) is 0 Å². The van der Waals surface area contributed by atoms with Crippen molar-refractivity contribution < 1.29 is 0 Å². The molecule has 84 valence electrons. The molecule has 16 heavy (non-hydrogen) atoms. The lowest BCUT2D eigenvalue weighted by molar-refractivity contribution is 1.03. The quantitative estimate of drug-likeness (QED) is 0.761. The molecular formula is C14H18N2. The maximum absolute atomic E-state index is 3.89.